The van der Waals surface area contributed by atoms with Gasteiger partial charge in [-0.15, -0.1) is 24.8 Å². The number of hydrogen-bond donors (Lipinski definition) is 0. The Kier molecular flexibility index (Phi) is 7.49. The van der Waals surface area contributed by atoms with Crippen molar-refractivity contribution in [2.75, 3.05) is 26.7 Å². The molecule has 3 heterocycles. The number of likely N-dealkylation sites (tertiary alicyclic amines) is 2. The van der Waals surface area contributed by atoms with Crippen LogP contribution in [0.4, 0.5) is 0 Å². The van der Waals surface area contributed by atoms with Gasteiger partial charge in [0.15, 0.2) is 0 Å². The normalized spacial score (nSPS) is 23.7. The van der Waals surface area contributed by atoms with Gasteiger partial charge in [0, 0.05) is 37.8 Å². The van der Waals surface area contributed by atoms with E-state index in [-0.39, 0.29) is 30.7 Å². The summed E-state index contributed by atoms with van der Waals surface area (Å²) in [6.07, 6.45) is 2.19. The Morgan fingerprint density at radius 1 is 1.04 bits per heavy atom. The number of carbonyl (C=O) groups excluding carboxylic acids is 1. The predicted octanol–water partition coefficient (Wildman–Crippen LogP) is 3.85. The smallest absolute Gasteiger partial charge is 0.228 e. The van der Waals surface area contributed by atoms with Crippen LogP contribution in [-0.4, -0.2) is 47.4 Å². The van der Waals surface area contributed by atoms with Gasteiger partial charge in [0.25, 0.3) is 0 Å². The molecule has 0 saturated carbocycles. The first-order valence-electron chi connectivity index (χ1n) is 9.48. The van der Waals surface area contributed by atoms with Gasteiger partial charge in [-0.25, -0.2) is 0 Å². The highest BCUT2D eigenvalue weighted by molar-refractivity contribution is 5.85. The first-order chi connectivity index (χ1) is 12.5. The van der Waals surface area contributed by atoms with E-state index in [1.165, 1.54) is 11.1 Å². The zero-order chi connectivity index (χ0) is 18.3. The molecule has 0 radical (unpaired) electrons. The monoisotopic (exact) mass is 421 g/mol. The fourth-order valence-corrected chi connectivity index (χ4v) is 4.81. The van der Waals surface area contributed by atoms with Gasteiger partial charge in [-0.2, -0.15) is 0 Å². The summed E-state index contributed by atoms with van der Waals surface area (Å²) in [5, 5.41) is 0. The molecule has 1 amide bonds. The van der Waals surface area contributed by atoms with E-state index in [0.717, 1.165) is 30.9 Å². The summed E-state index contributed by atoms with van der Waals surface area (Å²) in [7, 11) is 2.22. The maximum Gasteiger partial charge on any atom is 0.228 e. The lowest BCUT2D eigenvalue weighted by atomic mass is 9.88. The molecule has 2 aromatic rings. The molecule has 2 aliphatic heterocycles. The van der Waals surface area contributed by atoms with Gasteiger partial charge in [0.2, 0.25) is 5.91 Å². The van der Waals surface area contributed by atoms with E-state index in [9.17, 15) is 4.79 Å². The molecule has 0 unspecified atom stereocenters. The highest BCUT2D eigenvalue weighted by Gasteiger charge is 2.47. The van der Waals surface area contributed by atoms with Gasteiger partial charge >= 0.3 is 0 Å². The Hall–Kier alpha value is -1.62. The summed E-state index contributed by atoms with van der Waals surface area (Å²) >= 11 is 0. The molecule has 6 heteroatoms. The fourth-order valence-electron chi connectivity index (χ4n) is 4.81. The van der Waals surface area contributed by atoms with E-state index < -0.39 is 0 Å². The number of aromatic nitrogens is 1. The molecule has 0 spiro atoms. The molecule has 0 bridgehead atoms. The van der Waals surface area contributed by atoms with Gasteiger partial charge in [-0.05, 0) is 49.6 Å². The molecule has 2 aliphatic rings. The fraction of sp³-hybridized carbons (Fsp3) is 0.455. The van der Waals surface area contributed by atoms with Crippen molar-refractivity contribution in [3.63, 3.8) is 0 Å². The summed E-state index contributed by atoms with van der Waals surface area (Å²) in [5.74, 6) is 1.31. The highest BCUT2D eigenvalue weighted by Crippen LogP contribution is 2.44. The Morgan fingerprint density at radius 2 is 1.75 bits per heavy atom. The average Bonchev–Trinajstić information content (AvgIpc) is 3.14. The van der Waals surface area contributed by atoms with E-state index in [4.69, 9.17) is 0 Å². The van der Waals surface area contributed by atoms with Crippen molar-refractivity contribution in [1.82, 2.24) is 14.8 Å². The molecular weight excluding hydrogens is 393 g/mol. The molecule has 152 valence electrons. The third-order valence-electron chi connectivity index (χ3n) is 6.19. The minimum Gasteiger partial charge on any atom is -0.342 e. The van der Waals surface area contributed by atoms with Crippen molar-refractivity contribution in [2.45, 2.75) is 26.3 Å². The Morgan fingerprint density at radius 3 is 2.46 bits per heavy atom. The summed E-state index contributed by atoms with van der Waals surface area (Å²) in [6.45, 7) is 7.02. The number of carbonyl (C=O) groups is 1. The van der Waals surface area contributed by atoms with Crippen LogP contribution in [0, 0.1) is 25.7 Å². The quantitative estimate of drug-likeness (QED) is 0.754. The summed E-state index contributed by atoms with van der Waals surface area (Å²) in [6, 6.07) is 13.0. The molecule has 0 N–H and O–H groups in total. The van der Waals surface area contributed by atoms with Gasteiger partial charge in [-0.3, -0.25) is 14.7 Å². The van der Waals surface area contributed by atoms with Gasteiger partial charge in [-0.1, -0.05) is 30.3 Å². The first-order valence-corrected chi connectivity index (χ1v) is 9.48. The lowest BCUT2D eigenvalue weighted by Gasteiger charge is -2.28. The number of amides is 1. The van der Waals surface area contributed by atoms with Crippen LogP contribution < -0.4 is 0 Å². The minimum absolute atomic E-state index is 0. The largest absolute Gasteiger partial charge is 0.342 e. The predicted molar refractivity (Wildman–Crippen MR) is 117 cm³/mol. The SMILES string of the molecule is Cc1ccccc1[C@@H]1[C@@H]2CN(C(=O)Cc3ncccc3C)C[C@@H]2CN1C.Cl.Cl. The molecule has 1 aromatic carbocycles. The van der Waals surface area contributed by atoms with Crippen LogP contribution in [0.15, 0.2) is 42.6 Å². The number of fused-ring (bicyclic) bond motifs is 1. The van der Waals surface area contributed by atoms with Crippen LogP contribution in [0.5, 0.6) is 0 Å². The van der Waals surface area contributed by atoms with Crippen molar-refractivity contribution in [3.8, 4) is 0 Å². The Labute approximate surface area is 180 Å². The number of rotatable bonds is 3. The zero-order valence-electron chi connectivity index (χ0n) is 16.7. The molecule has 1 aromatic heterocycles. The van der Waals surface area contributed by atoms with Crippen molar-refractivity contribution < 1.29 is 4.79 Å². The lowest BCUT2D eigenvalue weighted by molar-refractivity contribution is -0.129. The standard InChI is InChI=1S/C22H27N3O.2ClH/c1-15-7-4-5-9-18(15)22-19-14-25(13-17(19)12-24(22)3)21(26)11-20-16(2)8-6-10-23-20;;/h4-10,17,19,22H,11-14H2,1-3H3;2*1H/t17-,19+,22+;;/m0../s1. The van der Waals surface area contributed by atoms with E-state index in [1.807, 2.05) is 19.1 Å². The van der Waals surface area contributed by atoms with E-state index >= 15 is 0 Å². The second kappa shape index (κ2) is 9.25. The Bertz CT molecular complexity index is 829. The zero-order valence-corrected chi connectivity index (χ0v) is 18.3. The van der Waals surface area contributed by atoms with Crippen LogP contribution in [0.1, 0.15) is 28.4 Å². The second-order valence-corrected chi connectivity index (χ2v) is 7.91. The molecule has 2 fully saturated rings. The molecule has 3 atom stereocenters. The molecule has 4 nitrogen and oxygen atoms in total. The van der Waals surface area contributed by atoms with Crippen LogP contribution in [0.25, 0.3) is 0 Å². The molecule has 2 saturated heterocycles. The van der Waals surface area contributed by atoms with Crippen LogP contribution in [0.2, 0.25) is 0 Å². The number of hydrogen-bond acceptors (Lipinski definition) is 3. The number of nitrogens with zero attached hydrogens (tertiary/aromatic N) is 3. The van der Waals surface area contributed by atoms with Crippen molar-refractivity contribution in [1.29, 1.82) is 0 Å². The average molecular weight is 422 g/mol. The maximum atomic E-state index is 12.9. The number of benzene rings is 1. The first kappa shape index (κ1) is 22.7. The lowest BCUT2D eigenvalue weighted by Crippen LogP contribution is -2.34. The van der Waals surface area contributed by atoms with Crippen molar-refractivity contribution in [2.24, 2.45) is 11.8 Å². The molecular formula is C22H29Cl2N3O. The maximum absolute atomic E-state index is 12.9. The second-order valence-electron chi connectivity index (χ2n) is 7.91. The number of aryl methyl sites for hydroxylation is 2. The van der Waals surface area contributed by atoms with E-state index in [2.05, 4.69) is 53.0 Å². The van der Waals surface area contributed by atoms with Crippen LogP contribution >= 0.6 is 24.8 Å². The highest BCUT2D eigenvalue weighted by atomic mass is 35.5. The topological polar surface area (TPSA) is 36.4 Å². The Balaban J connectivity index is 0.00000140. The van der Waals surface area contributed by atoms with E-state index in [1.54, 1.807) is 6.20 Å². The van der Waals surface area contributed by atoms with Crippen molar-refractivity contribution >= 4 is 30.7 Å². The third kappa shape index (κ3) is 4.19. The van der Waals surface area contributed by atoms with Gasteiger partial charge < -0.3 is 4.90 Å². The molecule has 0 aliphatic carbocycles. The van der Waals surface area contributed by atoms with Crippen molar-refractivity contribution in [3.05, 3.63) is 65.0 Å². The summed E-state index contributed by atoms with van der Waals surface area (Å²) < 4.78 is 0. The summed E-state index contributed by atoms with van der Waals surface area (Å²) in [5.41, 5.74) is 4.76. The third-order valence-corrected chi connectivity index (χ3v) is 6.19. The summed E-state index contributed by atoms with van der Waals surface area (Å²) in [4.78, 5) is 21.8. The molecule has 4 rings (SSSR count). The molecule has 28 heavy (non-hydrogen) atoms. The van der Waals surface area contributed by atoms with Crippen LogP contribution in [-0.2, 0) is 11.2 Å². The number of halogens is 2. The van der Waals surface area contributed by atoms with Gasteiger partial charge in [0.1, 0.15) is 0 Å². The van der Waals surface area contributed by atoms with Gasteiger partial charge in [0.05, 0.1) is 12.1 Å². The number of pyridine rings is 1. The van der Waals surface area contributed by atoms with Crippen LogP contribution in [0.3, 0.4) is 0 Å². The minimum atomic E-state index is 0. The van der Waals surface area contributed by atoms with E-state index in [0.29, 0.717) is 24.3 Å².